The molecule has 0 amide bonds. The molecular weight excluding hydrogens is 1150 g/mol. The quantitative estimate of drug-likeness (QED) is 0.0195. The summed E-state index contributed by atoms with van der Waals surface area (Å²) in [5, 5.41) is 0. The van der Waals surface area contributed by atoms with Crippen LogP contribution in [0.4, 0.5) is 0 Å². The molecule has 0 aliphatic rings. The molecule has 0 radical (unpaired) electrons. The molecule has 10 heteroatoms. The van der Waals surface area contributed by atoms with E-state index in [0.29, 0.717) is 17.4 Å². The van der Waals surface area contributed by atoms with E-state index in [0.717, 1.165) is 51.4 Å². The molecule has 0 N–H and O–H groups in total. The van der Waals surface area contributed by atoms with E-state index in [1.165, 1.54) is 334 Å². The Kier molecular flexibility index (Phi) is 71.1. The number of phosphoric ester groups is 1. The Morgan fingerprint density at radius 3 is 0.879 bits per heavy atom. The van der Waals surface area contributed by atoms with Crippen molar-refractivity contribution in [1.82, 2.24) is 0 Å². The van der Waals surface area contributed by atoms with Crippen molar-refractivity contribution in [3.8, 4) is 0 Å². The van der Waals surface area contributed by atoms with E-state index in [-0.39, 0.29) is 32.0 Å². The molecule has 91 heavy (non-hydrogen) atoms. The zero-order valence-electron chi connectivity index (χ0n) is 61.6. The molecule has 0 saturated heterocycles. The van der Waals surface area contributed by atoms with Crippen LogP contribution in [0.25, 0.3) is 0 Å². The minimum absolute atomic E-state index is 0.0279. The number of carbonyl (C=O) groups is 2. The number of rotatable bonds is 76. The second-order valence-corrected chi connectivity index (χ2v) is 30.2. The number of esters is 2. The van der Waals surface area contributed by atoms with E-state index in [2.05, 4.69) is 50.3 Å². The summed E-state index contributed by atoms with van der Waals surface area (Å²) in [6, 6.07) is 0. The van der Waals surface area contributed by atoms with E-state index in [4.69, 9.17) is 18.5 Å². The van der Waals surface area contributed by atoms with Gasteiger partial charge in [0.2, 0.25) is 0 Å². The van der Waals surface area contributed by atoms with Crippen molar-refractivity contribution in [2.24, 2.45) is 0 Å². The summed E-state index contributed by atoms with van der Waals surface area (Å²) in [5.41, 5.74) is 0. The number of likely N-dealkylation sites (N-methyl/N-ethyl adjacent to an activating group) is 1. The highest BCUT2D eigenvalue weighted by Gasteiger charge is 2.22. The highest BCUT2D eigenvalue weighted by Crippen LogP contribution is 2.38. The summed E-state index contributed by atoms with van der Waals surface area (Å²) in [6.07, 6.45) is 94.2. The maximum atomic E-state index is 12.9. The number of quaternary nitrogens is 1. The molecule has 0 aliphatic carbocycles. The summed E-state index contributed by atoms with van der Waals surface area (Å²) in [4.78, 5) is 38.2. The molecule has 0 aliphatic heterocycles. The summed E-state index contributed by atoms with van der Waals surface area (Å²) in [5.74, 6) is -0.809. The molecule has 0 aromatic heterocycles. The number of carbonyl (C=O) groups excluding carboxylic acids is 2. The molecule has 2 unspecified atom stereocenters. The first-order chi connectivity index (χ1) is 44.5. The minimum atomic E-state index is -4.64. The summed E-state index contributed by atoms with van der Waals surface area (Å²) in [6.45, 7) is 4.31. The molecule has 0 bridgehead atoms. The molecule has 0 aromatic rings. The van der Waals surface area contributed by atoms with Crippen LogP contribution in [0.1, 0.15) is 418 Å². The van der Waals surface area contributed by atoms with Gasteiger partial charge in [-0.15, -0.1) is 0 Å². The highest BCUT2D eigenvalue weighted by atomic mass is 31.2. The number of hydrogen-bond acceptors (Lipinski definition) is 8. The number of hydrogen-bond donors (Lipinski definition) is 0. The van der Waals surface area contributed by atoms with Crippen molar-refractivity contribution in [3.05, 3.63) is 36.5 Å². The second-order valence-electron chi connectivity index (χ2n) is 28.8. The van der Waals surface area contributed by atoms with Crippen LogP contribution in [-0.2, 0) is 32.7 Å². The van der Waals surface area contributed by atoms with Gasteiger partial charge in [0.05, 0.1) is 27.7 Å². The van der Waals surface area contributed by atoms with Crippen LogP contribution < -0.4 is 4.89 Å². The summed E-state index contributed by atoms with van der Waals surface area (Å²) >= 11 is 0. The number of allylic oxidation sites excluding steroid dienone is 6. The molecule has 0 rings (SSSR count). The van der Waals surface area contributed by atoms with E-state index >= 15 is 0 Å². The highest BCUT2D eigenvalue weighted by molar-refractivity contribution is 7.45. The van der Waals surface area contributed by atoms with Crippen LogP contribution >= 0.6 is 7.82 Å². The van der Waals surface area contributed by atoms with Crippen molar-refractivity contribution >= 4 is 19.8 Å². The third kappa shape index (κ3) is 77.1. The number of phosphoric acid groups is 1. The van der Waals surface area contributed by atoms with E-state index in [1.54, 1.807) is 0 Å². The molecule has 0 spiro atoms. The summed E-state index contributed by atoms with van der Waals surface area (Å²) in [7, 11) is 1.19. The van der Waals surface area contributed by atoms with Crippen molar-refractivity contribution in [2.75, 3.05) is 47.5 Å². The number of nitrogens with zero attached hydrogens (tertiary/aromatic N) is 1. The van der Waals surface area contributed by atoms with Crippen molar-refractivity contribution in [3.63, 3.8) is 0 Å². The zero-order valence-corrected chi connectivity index (χ0v) is 62.5. The van der Waals surface area contributed by atoms with Gasteiger partial charge in [-0.05, 0) is 51.4 Å². The Balaban J connectivity index is 3.91. The maximum Gasteiger partial charge on any atom is 0.306 e. The largest absolute Gasteiger partial charge is 0.756 e. The second kappa shape index (κ2) is 72.5. The van der Waals surface area contributed by atoms with Crippen LogP contribution in [0, 0.1) is 0 Å². The molecule has 9 nitrogen and oxygen atoms in total. The Morgan fingerprint density at radius 1 is 0.341 bits per heavy atom. The standard InChI is InChI=1S/C81H156NO8P/c1-6-8-10-12-14-16-18-20-22-24-26-28-30-32-34-36-38-39-40-41-42-44-45-47-49-51-53-55-57-59-61-63-65-67-69-71-73-80(83)87-77-79(78-89-91(85,86)88-76-75-82(3,4)5)90-81(84)74-72-70-68-66-64-62-60-58-56-54-52-50-48-46-43-37-35-33-31-29-27-25-23-21-19-17-15-13-11-9-7-2/h19,21,25,27,31,33,79H,6-18,20,22-24,26,28-30,32,34-78H2,1-5H3/b21-19-,27-25-,33-31-. The zero-order chi connectivity index (χ0) is 66.2. The van der Waals surface area contributed by atoms with Crippen molar-refractivity contribution in [2.45, 2.75) is 424 Å². The average Bonchev–Trinajstić information content (AvgIpc) is 3.30. The Bertz CT molecular complexity index is 1630. The predicted molar refractivity (Wildman–Crippen MR) is 393 cm³/mol. The monoisotopic (exact) mass is 1300 g/mol. The van der Waals surface area contributed by atoms with Crippen LogP contribution in [0.15, 0.2) is 36.5 Å². The van der Waals surface area contributed by atoms with Crippen LogP contribution in [0.2, 0.25) is 0 Å². The van der Waals surface area contributed by atoms with Gasteiger partial charge in [0, 0.05) is 12.8 Å². The first-order valence-electron chi connectivity index (χ1n) is 40.2. The van der Waals surface area contributed by atoms with Crippen molar-refractivity contribution in [1.29, 1.82) is 0 Å². The number of unbranched alkanes of at least 4 members (excludes halogenated alkanes) is 56. The fourth-order valence-corrected chi connectivity index (χ4v) is 13.0. The lowest BCUT2D eigenvalue weighted by Gasteiger charge is -2.28. The van der Waals surface area contributed by atoms with E-state index < -0.39 is 26.5 Å². The minimum Gasteiger partial charge on any atom is -0.756 e. The lowest BCUT2D eigenvalue weighted by Crippen LogP contribution is -2.37. The van der Waals surface area contributed by atoms with Crippen LogP contribution in [0.5, 0.6) is 0 Å². The lowest BCUT2D eigenvalue weighted by atomic mass is 10.0. The number of ether oxygens (including phenoxy) is 2. The van der Waals surface area contributed by atoms with Gasteiger partial charge in [-0.25, -0.2) is 0 Å². The van der Waals surface area contributed by atoms with Gasteiger partial charge in [0.1, 0.15) is 19.8 Å². The van der Waals surface area contributed by atoms with Gasteiger partial charge in [0.15, 0.2) is 6.10 Å². The maximum absolute atomic E-state index is 12.9. The van der Waals surface area contributed by atoms with Gasteiger partial charge in [-0.3, -0.25) is 14.2 Å². The van der Waals surface area contributed by atoms with Gasteiger partial charge in [-0.1, -0.05) is 391 Å². The molecule has 0 aromatic carbocycles. The van der Waals surface area contributed by atoms with Gasteiger partial charge < -0.3 is 27.9 Å². The van der Waals surface area contributed by atoms with Gasteiger partial charge >= 0.3 is 11.9 Å². The normalized spacial score (nSPS) is 13.2. The first kappa shape index (κ1) is 89.2. The van der Waals surface area contributed by atoms with Crippen LogP contribution in [-0.4, -0.2) is 70.0 Å². The smallest absolute Gasteiger partial charge is 0.306 e. The Hall–Kier alpha value is -1.77. The van der Waals surface area contributed by atoms with E-state index in [9.17, 15) is 19.0 Å². The Labute approximate surface area is 567 Å². The summed E-state index contributed by atoms with van der Waals surface area (Å²) < 4.78 is 34.4. The Morgan fingerprint density at radius 2 is 0.593 bits per heavy atom. The van der Waals surface area contributed by atoms with E-state index in [1.807, 2.05) is 21.1 Å². The first-order valence-corrected chi connectivity index (χ1v) is 41.7. The molecule has 0 fully saturated rings. The lowest BCUT2D eigenvalue weighted by molar-refractivity contribution is -0.870. The third-order valence-electron chi connectivity index (χ3n) is 18.4. The molecule has 538 valence electrons. The molecule has 2 atom stereocenters. The molecule has 0 saturated carbocycles. The van der Waals surface area contributed by atoms with Crippen LogP contribution in [0.3, 0.4) is 0 Å². The van der Waals surface area contributed by atoms with Gasteiger partial charge in [-0.2, -0.15) is 0 Å². The SMILES string of the molecule is CCCCCCC/C=C\C/C=C\C/C=C\CCCCCCCCCCCCCCCCCCC(=O)OC(COC(=O)CCCCCCCCCCCCCCCCCCCCCCCCCCCCCCCCCCCCCC)COP(=O)([O-])OCC[N+](C)(C)C. The topological polar surface area (TPSA) is 111 Å². The fraction of sp³-hybridized carbons (Fsp3) is 0.901. The third-order valence-corrected chi connectivity index (χ3v) is 19.4. The predicted octanol–water partition coefficient (Wildman–Crippen LogP) is 25.9. The van der Waals surface area contributed by atoms with Gasteiger partial charge in [0.25, 0.3) is 7.82 Å². The van der Waals surface area contributed by atoms with Crippen molar-refractivity contribution < 1.29 is 42.1 Å². The molecular formula is C81H156NO8P. The fourth-order valence-electron chi connectivity index (χ4n) is 12.3. The average molecular weight is 1300 g/mol. The molecule has 0 heterocycles.